The molecular formula is C16H14N2. The zero-order valence-electron chi connectivity index (χ0n) is 10.1. The fraction of sp³-hybridized carbons (Fsp3) is 0.188. The quantitative estimate of drug-likeness (QED) is 0.582. The highest BCUT2D eigenvalue weighted by molar-refractivity contribution is 5.78. The normalized spacial score (nSPS) is 14.0. The van der Waals surface area contributed by atoms with Gasteiger partial charge in [0.25, 0.3) is 0 Å². The topological polar surface area (TPSA) is 17.8 Å². The molecule has 0 saturated carbocycles. The van der Waals surface area contributed by atoms with Gasteiger partial charge in [-0.05, 0) is 36.6 Å². The van der Waals surface area contributed by atoms with Crippen LogP contribution in [-0.4, -0.2) is 9.55 Å². The molecule has 2 heteroatoms. The molecule has 0 saturated heterocycles. The van der Waals surface area contributed by atoms with Gasteiger partial charge in [0.2, 0.25) is 0 Å². The Morgan fingerprint density at radius 1 is 0.889 bits per heavy atom. The van der Waals surface area contributed by atoms with Crippen molar-refractivity contribution in [2.24, 2.45) is 0 Å². The van der Waals surface area contributed by atoms with Crippen molar-refractivity contribution in [1.29, 1.82) is 0 Å². The van der Waals surface area contributed by atoms with Crippen LogP contribution in [-0.2, 0) is 12.8 Å². The summed E-state index contributed by atoms with van der Waals surface area (Å²) in [7, 11) is 0. The summed E-state index contributed by atoms with van der Waals surface area (Å²) in [5, 5.41) is 0. The van der Waals surface area contributed by atoms with E-state index in [1.54, 1.807) is 0 Å². The standard InChI is InChI=1S/C16H14N2/c1-3-9-14-12(6-1)7-5-11-16-17-13-8-2-4-10-15(13)18(14)16/h1-4,6,8-10H,5,7,11H2. The van der Waals surface area contributed by atoms with Crippen LogP contribution in [0, 0.1) is 0 Å². The molecule has 0 amide bonds. The van der Waals surface area contributed by atoms with Gasteiger partial charge in [0.15, 0.2) is 0 Å². The number of fused-ring (bicyclic) bond motifs is 5. The smallest absolute Gasteiger partial charge is 0.114 e. The molecule has 0 atom stereocenters. The average molecular weight is 234 g/mol. The van der Waals surface area contributed by atoms with E-state index in [-0.39, 0.29) is 0 Å². The molecule has 2 nitrogen and oxygen atoms in total. The summed E-state index contributed by atoms with van der Waals surface area (Å²) in [4.78, 5) is 4.78. The lowest BCUT2D eigenvalue weighted by Crippen LogP contribution is -1.99. The highest BCUT2D eigenvalue weighted by Gasteiger charge is 2.17. The Hall–Kier alpha value is -2.09. The number of para-hydroxylation sites is 3. The van der Waals surface area contributed by atoms with E-state index in [0.29, 0.717) is 0 Å². The Labute approximate surface area is 106 Å². The Morgan fingerprint density at radius 3 is 2.72 bits per heavy atom. The molecule has 1 aromatic heterocycles. The summed E-state index contributed by atoms with van der Waals surface area (Å²) in [5.41, 5.74) is 5.06. The summed E-state index contributed by atoms with van der Waals surface area (Å²) in [6.07, 6.45) is 3.39. The Bertz CT molecular complexity index is 725. The summed E-state index contributed by atoms with van der Waals surface area (Å²) in [6.45, 7) is 0. The maximum Gasteiger partial charge on any atom is 0.114 e. The monoisotopic (exact) mass is 234 g/mol. The molecule has 1 aliphatic rings. The number of nitrogens with zero attached hydrogens (tertiary/aromatic N) is 2. The lowest BCUT2D eigenvalue weighted by molar-refractivity contribution is 0.795. The molecule has 0 bridgehead atoms. The predicted octanol–water partition coefficient (Wildman–Crippen LogP) is 3.51. The van der Waals surface area contributed by atoms with Crippen molar-refractivity contribution in [3.8, 4) is 5.69 Å². The van der Waals surface area contributed by atoms with Gasteiger partial charge in [-0.1, -0.05) is 30.3 Å². The van der Waals surface area contributed by atoms with Gasteiger partial charge in [0.05, 0.1) is 16.7 Å². The van der Waals surface area contributed by atoms with Crippen LogP contribution in [0.3, 0.4) is 0 Å². The van der Waals surface area contributed by atoms with E-state index in [4.69, 9.17) is 4.98 Å². The molecule has 3 aromatic rings. The van der Waals surface area contributed by atoms with Gasteiger partial charge in [0.1, 0.15) is 5.82 Å². The first kappa shape index (κ1) is 9.89. The van der Waals surface area contributed by atoms with Crippen LogP contribution >= 0.6 is 0 Å². The fourth-order valence-electron chi connectivity index (χ4n) is 2.89. The van der Waals surface area contributed by atoms with Crippen molar-refractivity contribution in [2.75, 3.05) is 0 Å². The van der Waals surface area contributed by atoms with Crippen molar-refractivity contribution in [1.82, 2.24) is 9.55 Å². The molecule has 88 valence electrons. The number of benzene rings is 2. The molecule has 0 spiro atoms. The van der Waals surface area contributed by atoms with Crippen LogP contribution in [0.25, 0.3) is 16.7 Å². The molecule has 2 aromatic carbocycles. The van der Waals surface area contributed by atoms with Crippen LogP contribution < -0.4 is 0 Å². The maximum atomic E-state index is 4.78. The van der Waals surface area contributed by atoms with Crippen molar-refractivity contribution in [3.63, 3.8) is 0 Å². The van der Waals surface area contributed by atoms with E-state index < -0.39 is 0 Å². The van der Waals surface area contributed by atoms with Crippen molar-refractivity contribution in [2.45, 2.75) is 19.3 Å². The predicted molar refractivity (Wildman–Crippen MR) is 73.1 cm³/mol. The van der Waals surface area contributed by atoms with E-state index >= 15 is 0 Å². The van der Waals surface area contributed by atoms with Gasteiger partial charge in [-0.25, -0.2) is 4.98 Å². The van der Waals surface area contributed by atoms with E-state index in [0.717, 1.165) is 18.4 Å². The van der Waals surface area contributed by atoms with Gasteiger partial charge in [0, 0.05) is 6.42 Å². The summed E-state index contributed by atoms with van der Waals surface area (Å²) >= 11 is 0. The number of hydrogen-bond acceptors (Lipinski definition) is 1. The third-order valence-electron chi connectivity index (χ3n) is 3.71. The zero-order chi connectivity index (χ0) is 11.9. The van der Waals surface area contributed by atoms with Crippen LogP contribution in [0.4, 0.5) is 0 Å². The third-order valence-corrected chi connectivity index (χ3v) is 3.71. The van der Waals surface area contributed by atoms with Gasteiger partial charge in [-0.3, -0.25) is 4.57 Å². The van der Waals surface area contributed by atoms with Crippen molar-refractivity contribution >= 4 is 11.0 Å². The van der Waals surface area contributed by atoms with Crippen LogP contribution in [0.15, 0.2) is 48.5 Å². The van der Waals surface area contributed by atoms with Crippen LogP contribution in [0.2, 0.25) is 0 Å². The number of aryl methyl sites for hydroxylation is 2. The van der Waals surface area contributed by atoms with Gasteiger partial charge in [-0.15, -0.1) is 0 Å². The number of hydrogen-bond donors (Lipinski definition) is 0. The zero-order valence-corrected chi connectivity index (χ0v) is 10.1. The molecule has 0 radical (unpaired) electrons. The summed E-state index contributed by atoms with van der Waals surface area (Å²) in [6, 6.07) is 17.1. The first-order chi connectivity index (χ1) is 8.93. The second-order valence-corrected chi connectivity index (χ2v) is 4.83. The first-order valence-corrected chi connectivity index (χ1v) is 6.48. The molecule has 18 heavy (non-hydrogen) atoms. The van der Waals surface area contributed by atoms with E-state index in [9.17, 15) is 0 Å². The Balaban J connectivity index is 2.13. The molecule has 2 heterocycles. The molecule has 0 aliphatic carbocycles. The number of rotatable bonds is 0. The largest absolute Gasteiger partial charge is 0.296 e. The lowest BCUT2D eigenvalue weighted by atomic mass is 10.1. The molecule has 0 N–H and O–H groups in total. The van der Waals surface area contributed by atoms with E-state index in [1.807, 2.05) is 0 Å². The highest BCUT2D eigenvalue weighted by atomic mass is 15.1. The minimum Gasteiger partial charge on any atom is -0.296 e. The minimum atomic E-state index is 1.06. The first-order valence-electron chi connectivity index (χ1n) is 6.48. The average Bonchev–Trinajstić information content (AvgIpc) is 2.68. The van der Waals surface area contributed by atoms with Gasteiger partial charge < -0.3 is 0 Å². The molecule has 1 aliphatic heterocycles. The molecule has 0 unspecified atom stereocenters. The van der Waals surface area contributed by atoms with Crippen LogP contribution in [0.5, 0.6) is 0 Å². The van der Waals surface area contributed by atoms with Gasteiger partial charge in [-0.2, -0.15) is 0 Å². The molecule has 0 fully saturated rings. The summed E-state index contributed by atoms with van der Waals surface area (Å²) < 4.78 is 2.33. The third kappa shape index (κ3) is 1.32. The highest BCUT2D eigenvalue weighted by Crippen LogP contribution is 2.28. The number of imidazole rings is 1. The SMILES string of the molecule is c1ccc2c(c1)CCCc1nc3ccccc3n1-2. The van der Waals surface area contributed by atoms with Crippen molar-refractivity contribution < 1.29 is 0 Å². The second-order valence-electron chi connectivity index (χ2n) is 4.83. The lowest BCUT2D eigenvalue weighted by Gasteiger charge is -2.09. The summed E-state index contributed by atoms with van der Waals surface area (Å²) in [5.74, 6) is 1.20. The Morgan fingerprint density at radius 2 is 1.72 bits per heavy atom. The van der Waals surface area contributed by atoms with E-state index in [2.05, 4.69) is 53.1 Å². The van der Waals surface area contributed by atoms with Crippen molar-refractivity contribution in [3.05, 3.63) is 59.9 Å². The second kappa shape index (κ2) is 3.70. The fourth-order valence-corrected chi connectivity index (χ4v) is 2.89. The molecule has 4 rings (SSSR count). The van der Waals surface area contributed by atoms with Crippen LogP contribution in [0.1, 0.15) is 17.8 Å². The maximum absolute atomic E-state index is 4.78. The minimum absolute atomic E-state index is 1.06. The number of aromatic nitrogens is 2. The van der Waals surface area contributed by atoms with Gasteiger partial charge >= 0.3 is 0 Å². The van der Waals surface area contributed by atoms with E-state index in [1.165, 1.54) is 29.0 Å². The Kier molecular flexibility index (Phi) is 2.04. The molecular weight excluding hydrogens is 220 g/mol.